The highest BCUT2D eigenvalue weighted by Gasteiger charge is 2.18. The van der Waals surface area contributed by atoms with E-state index in [0.717, 1.165) is 18.7 Å². The van der Waals surface area contributed by atoms with Crippen LogP contribution in [0, 0.1) is 0 Å². The standard InChI is InChI=1S/C9H18N2O/c1-10(2)9-8(12-4)6-5-7-11(9)3/h5-7H2,1-4H3. The van der Waals surface area contributed by atoms with Gasteiger partial charge in [-0.3, -0.25) is 0 Å². The van der Waals surface area contributed by atoms with E-state index in [9.17, 15) is 0 Å². The Morgan fingerprint density at radius 1 is 1.42 bits per heavy atom. The molecule has 0 saturated carbocycles. The molecular formula is C9H18N2O. The Labute approximate surface area is 74.6 Å². The van der Waals surface area contributed by atoms with Crippen molar-refractivity contribution in [3.63, 3.8) is 0 Å². The molecule has 0 unspecified atom stereocenters. The van der Waals surface area contributed by atoms with Gasteiger partial charge in [-0.1, -0.05) is 0 Å². The van der Waals surface area contributed by atoms with Crippen LogP contribution in [0.25, 0.3) is 0 Å². The molecule has 1 heterocycles. The molecule has 0 saturated heterocycles. The average molecular weight is 170 g/mol. The van der Waals surface area contributed by atoms with Crippen molar-refractivity contribution < 1.29 is 4.74 Å². The third-order valence-electron chi connectivity index (χ3n) is 2.18. The molecule has 0 spiro atoms. The lowest BCUT2D eigenvalue weighted by molar-refractivity contribution is 0.185. The molecule has 0 aromatic rings. The van der Waals surface area contributed by atoms with Gasteiger partial charge < -0.3 is 14.5 Å². The van der Waals surface area contributed by atoms with Crippen LogP contribution in [0.1, 0.15) is 12.8 Å². The maximum Gasteiger partial charge on any atom is 0.142 e. The lowest BCUT2D eigenvalue weighted by Crippen LogP contribution is -2.33. The molecule has 1 aliphatic rings. The zero-order valence-corrected chi connectivity index (χ0v) is 8.42. The van der Waals surface area contributed by atoms with Crippen LogP contribution in [0.2, 0.25) is 0 Å². The van der Waals surface area contributed by atoms with Crippen molar-refractivity contribution in [1.29, 1.82) is 0 Å². The zero-order valence-electron chi connectivity index (χ0n) is 8.42. The number of hydrogen-bond acceptors (Lipinski definition) is 3. The van der Waals surface area contributed by atoms with Gasteiger partial charge in [0.2, 0.25) is 0 Å². The van der Waals surface area contributed by atoms with E-state index in [1.807, 2.05) is 0 Å². The molecule has 0 N–H and O–H groups in total. The summed E-state index contributed by atoms with van der Waals surface area (Å²) in [6, 6.07) is 0. The SMILES string of the molecule is COC1=C(N(C)C)N(C)CCC1. The predicted molar refractivity (Wildman–Crippen MR) is 49.6 cm³/mol. The Balaban J connectivity index is 2.87. The van der Waals surface area contributed by atoms with Gasteiger partial charge in [0.1, 0.15) is 11.6 Å². The second-order valence-electron chi connectivity index (χ2n) is 3.37. The number of ether oxygens (including phenoxy) is 1. The van der Waals surface area contributed by atoms with Crippen molar-refractivity contribution in [2.75, 3.05) is 34.8 Å². The summed E-state index contributed by atoms with van der Waals surface area (Å²) in [5.74, 6) is 2.32. The summed E-state index contributed by atoms with van der Waals surface area (Å²) >= 11 is 0. The van der Waals surface area contributed by atoms with Gasteiger partial charge in [0.15, 0.2) is 0 Å². The Hall–Kier alpha value is -0.860. The van der Waals surface area contributed by atoms with Gasteiger partial charge >= 0.3 is 0 Å². The average Bonchev–Trinajstić information content (AvgIpc) is 2.03. The summed E-state index contributed by atoms with van der Waals surface area (Å²) in [5, 5.41) is 0. The topological polar surface area (TPSA) is 15.7 Å². The van der Waals surface area contributed by atoms with Crippen molar-refractivity contribution in [3.8, 4) is 0 Å². The quantitative estimate of drug-likeness (QED) is 0.617. The van der Waals surface area contributed by atoms with E-state index in [0.29, 0.717) is 0 Å². The summed E-state index contributed by atoms with van der Waals surface area (Å²) in [4.78, 5) is 4.35. The molecule has 0 aromatic carbocycles. The molecular weight excluding hydrogens is 152 g/mol. The maximum absolute atomic E-state index is 5.33. The molecule has 12 heavy (non-hydrogen) atoms. The van der Waals surface area contributed by atoms with Gasteiger partial charge in [-0.15, -0.1) is 0 Å². The highest BCUT2D eigenvalue weighted by Crippen LogP contribution is 2.22. The molecule has 3 nitrogen and oxygen atoms in total. The normalized spacial score (nSPS) is 18.2. The minimum Gasteiger partial charge on any atom is -0.497 e. The monoisotopic (exact) mass is 170 g/mol. The van der Waals surface area contributed by atoms with Gasteiger partial charge in [-0.05, 0) is 6.42 Å². The van der Waals surface area contributed by atoms with Crippen LogP contribution >= 0.6 is 0 Å². The molecule has 0 bridgehead atoms. The molecule has 0 radical (unpaired) electrons. The smallest absolute Gasteiger partial charge is 0.142 e. The van der Waals surface area contributed by atoms with E-state index in [1.165, 1.54) is 12.2 Å². The van der Waals surface area contributed by atoms with Gasteiger partial charge in [-0.25, -0.2) is 0 Å². The van der Waals surface area contributed by atoms with Crippen LogP contribution in [0.5, 0.6) is 0 Å². The first-order valence-electron chi connectivity index (χ1n) is 4.32. The number of methoxy groups -OCH3 is 1. The van der Waals surface area contributed by atoms with Gasteiger partial charge in [0, 0.05) is 34.1 Å². The summed E-state index contributed by atoms with van der Waals surface area (Å²) in [6.45, 7) is 1.13. The van der Waals surface area contributed by atoms with Crippen molar-refractivity contribution in [2.24, 2.45) is 0 Å². The fourth-order valence-electron chi connectivity index (χ4n) is 1.69. The molecule has 0 aliphatic carbocycles. The summed E-state index contributed by atoms with van der Waals surface area (Å²) in [7, 11) is 7.96. The van der Waals surface area contributed by atoms with Crippen molar-refractivity contribution in [3.05, 3.63) is 11.6 Å². The summed E-state index contributed by atoms with van der Waals surface area (Å²) < 4.78 is 5.33. The van der Waals surface area contributed by atoms with E-state index in [2.05, 4.69) is 30.9 Å². The van der Waals surface area contributed by atoms with Crippen LogP contribution in [0.15, 0.2) is 11.6 Å². The maximum atomic E-state index is 5.33. The third kappa shape index (κ3) is 1.65. The van der Waals surface area contributed by atoms with Gasteiger partial charge in [0.25, 0.3) is 0 Å². The Morgan fingerprint density at radius 2 is 2.08 bits per heavy atom. The highest BCUT2D eigenvalue weighted by atomic mass is 16.5. The molecule has 0 fully saturated rings. The van der Waals surface area contributed by atoms with Crippen molar-refractivity contribution in [1.82, 2.24) is 9.80 Å². The second-order valence-corrected chi connectivity index (χ2v) is 3.37. The first-order chi connectivity index (χ1) is 5.66. The number of allylic oxidation sites excluding steroid dienone is 1. The third-order valence-corrected chi connectivity index (χ3v) is 2.18. The minimum absolute atomic E-state index is 1.06. The first-order valence-corrected chi connectivity index (χ1v) is 4.32. The van der Waals surface area contributed by atoms with Crippen LogP contribution in [0.4, 0.5) is 0 Å². The lowest BCUT2D eigenvalue weighted by Gasteiger charge is -2.33. The van der Waals surface area contributed by atoms with E-state index in [4.69, 9.17) is 4.74 Å². The molecule has 1 rings (SSSR count). The molecule has 3 heteroatoms. The summed E-state index contributed by atoms with van der Waals surface area (Å²) in [6.07, 6.45) is 2.26. The van der Waals surface area contributed by atoms with E-state index < -0.39 is 0 Å². The molecule has 0 atom stereocenters. The fourth-order valence-corrected chi connectivity index (χ4v) is 1.69. The first kappa shape index (κ1) is 9.23. The van der Waals surface area contributed by atoms with Crippen LogP contribution in [-0.4, -0.2) is 44.6 Å². The van der Waals surface area contributed by atoms with E-state index in [-0.39, 0.29) is 0 Å². The minimum atomic E-state index is 1.06. The zero-order chi connectivity index (χ0) is 9.14. The molecule has 1 aliphatic heterocycles. The largest absolute Gasteiger partial charge is 0.497 e. The highest BCUT2D eigenvalue weighted by molar-refractivity contribution is 5.08. The fraction of sp³-hybridized carbons (Fsp3) is 0.778. The Morgan fingerprint density at radius 3 is 2.50 bits per heavy atom. The number of nitrogens with zero attached hydrogens (tertiary/aromatic N) is 2. The summed E-state index contributed by atoms with van der Waals surface area (Å²) in [5.41, 5.74) is 0. The Kier molecular flexibility index (Phi) is 2.84. The predicted octanol–water partition coefficient (Wildman–Crippen LogP) is 1.09. The molecule has 0 aromatic heterocycles. The molecule has 0 amide bonds. The van der Waals surface area contributed by atoms with E-state index >= 15 is 0 Å². The van der Waals surface area contributed by atoms with Crippen LogP contribution < -0.4 is 0 Å². The van der Waals surface area contributed by atoms with Crippen LogP contribution in [-0.2, 0) is 4.74 Å². The Bertz CT molecular complexity index is 187. The molecule has 70 valence electrons. The van der Waals surface area contributed by atoms with Crippen molar-refractivity contribution >= 4 is 0 Å². The number of hydrogen-bond donors (Lipinski definition) is 0. The number of rotatable bonds is 2. The van der Waals surface area contributed by atoms with E-state index in [1.54, 1.807) is 7.11 Å². The second kappa shape index (κ2) is 3.70. The van der Waals surface area contributed by atoms with Crippen molar-refractivity contribution in [2.45, 2.75) is 12.8 Å². The van der Waals surface area contributed by atoms with Gasteiger partial charge in [0.05, 0.1) is 7.11 Å². The lowest BCUT2D eigenvalue weighted by atomic mass is 10.2. The van der Waals surface area contributed by atoms with Gasteiger partial charge in [-0.2, -0.15) is 0 Å². The van der Waals surface area contributed by atoms with Crippen LogP contribution in [0.3, 0.4) is 0 Å².